The maximum Gasteiger partial charge on any atom is 0.305 e. The fourth-order valence-corrected chi connectivity index (χ4v) is 2.94. The third kappa shape index (κ3) is 4.71. The minimum Gasteiger partial charge on any atom is -0.266 e. The second-order valence-corrected chi connectivity index (χ2v) is 5.74. The maximum atomic E-state index is 11.2. The van der Waals surface area contributed by atoms with Gasteiger partial charge in [0.15, 0.2) is 0 Å². The summed E-state index contributed by atoms with van der Waals surface area (Å²) in [5, 5.41) is 0. The molecule has 2 fully saturated rings. The highest BCUT2D eigenvalue weighted by molar-refractivity contribution is 7.75. The van der Waals surface area contributed by atoms with E-state index in [-0.39, 0.29) is 26.4 Å². The fourth-order valence-electron chi connectivity index (χ4n) is 1.04. The van der Waals surface area contributed by atoms with E-state index in [1.165, 1.54) is 0 Å². The van der Waals surface area contributed by atoms with Gasteiger partial charge in [-0.3, -0.25) is 25.1 Å². The Morgan fingerprint density at radius 2 is 1.44 bits per heavy atom. The molecular weight excluding hydrogens is 312 g/mol. The summed E-state index contributed by atoms with van der Waals surface area (Å²) in [6.45, 7) is 0.0450. The predicted octanol–water partition coefficient (Wildman–Crippen LogP) is -1.41. The molecule has 9 nitrogen and oxygen atoms in total. The maximum absolute atomic E-state index is 11.2. The molecule has 5 atom stereocenters. The number of rotatable bonds is 6. The van der Waals surface area contributed by atoms with Crippen LogP contribution >= 0.6 is 0 Å². The molecule has 1 unspecified atom stereocenters. The van der Waals surface area contributed by atoms with Gasteiger partial charge in [0.25, 0.3) is 0 Å². The lowest BCUT2D eigenvalue weighted by Gasteiger charge is -2.08. The van der Waals surface area contributed by atoms with E-state index in [4.69, 9.17) is 16.7 Å². The van der Waals surface area contributed by atoms with E-state index < -0.39 is 46.3 Å². The molecular formula is C6H10O9S3. The molecule has 0 spiro atoms. The van der Waals surface area contributed by atoms with Crippen molar-refractivity contribution in [2.75, 3.05) is 26.4 Å². The van der Waals surface area contributed by atoms with Crippen LogP contribution in [0.5, 0.6) is 0 Å². The molecule has 0 aromatic carbocycles. The average Bonchev–Trinajstić information content (AvgIpc) is 2.93. The van der Waals surface area contributed by atoms with Gasteiger partial charge in [0.2, 0.25) is 0 Å². The van der Waals surface area contributed by atoms with Gasteiger partial charge in [-0.2, -0.15) is 12.6 Å². The molecule has 18 heavy (non-hydrogen) atoms. The van der Waals surface area contributed by atoms with E-state index >= 15 is 0 Å². The molecule has 0 N–H and O–H groups in total. The van der Waals surface area contributed by atoms with Crippen LogP contribution in [-0.4, -0.2) is 51.3 Å². The van der Waals surface area contributed by atoms with Crippen LogP contribution in [0.4, 0.5) is 0 Å². The summed E-state index contributed by atoms with van der Waals surface area (Å²) in [4.78, 5) is 0. The summed E-state index contributed by atoms with van der Waals surface area (Å²) < 4.78 is 60.9. The van der Waals surface area contributed by atoms with Crippen molar-refractivity contribution in [1.29, 1.82) is 0 Å². The van der Waals surface area contributed by atoms with Crippen LogP contribution in [0, 0.1) is 0 Å². The smallest absolute Gasteiger partial charge is 0.266 e. The molecule has 2 aliphatic rings. The van der Waals surface area contributed by atoms with Gasteiger partial charge in [-0.05, 0) is 0 Å². The van der Waals surface area contributed by atoms with Crippen LogP contribution in [0.2, 0.25) is 0 Å². The first-order valence-corrected chi connectivity index (χ1v) is 7.76. The largest absolute Gasteiger partial charge is 0.305 e. The highest BCUT2D eigenvalue weighted by atomic mass is 32.2. The van der Waals surface area contributed by atoms with Gasteiger partial charge in [0.1, 0.15) is 12.2 Å². The molecule has 0 aromatic rings. The quantitative estimate of drug-likeness (QED) is 0.582. The van der Waals surface area contributed by atoms with Crippen LogP contribution in [0.25, 0.3) is 0 Å². The van der Waals surface area contributed by atoms with E-state index in [2.05, 4.69) is 8.37 Å². The minimum atomic E-state index is -2.00. The Kier molecular flexibility index (Phi) is 5.78. The molecule has 2 heterocycles. The number of hydrogen-bond acceptors (Lipinski definition) is 9. The van der Waals surface area contributed by atoms with Crippen molar-refractivity contribution >= 4 is 34.1 Å². The van der Waals surface area contributed by atoms with Crippen LogP contribution in [0.1, 0.15) is 0 Å². The fraction of sp³-hybridized carbons (Fsp3) is 1.00. The van der Waals surface area contributed by atoms with Crippen molar-refractivity contribution in [3.63, 3.8) is 0 Å². The van der Waals surface area contributed by atoms with Crippen LogP contribution < -0.4 is 0 Å². The molecule has 0 bridgehead atoms. The Labute approximate surface area is 111 Å². The molecule has 2 rings (SSSR count). The Bertz CT molecular complexity index is 328. The number of hydrogen-bond donors (Lipinski definition) is 0. The highest BCUT2D eigenvalue weighted by Gasteiger charge is 2.26. The summed E-state index contributed by atoms with van der Waals surface area (Å²) in [6, 6.07) is 0. The SMILES string of the molecule is O=S(OC[C@@H]1CO[S@@](=O)O1)OC[C@@H]1CO[S@](=O)O1. The molecule has 0 amide bonds. The van der Waals surface area contributed by atoms with Crippen molar-refractivity contribution in [3.8, 4) is 0 Å². The lowest BCUT2D eigenvalue weighted by Crippen LogP contribution is -2.22. The first kappa shape index (κ1) is 14.6. The van der Waals surface area contributed by atoms with E-state index in [0.29, 0.717) is 0 Å². The summed E-state index contributed by atoms with van der Waals surface area (Å²) in [7, 11) is 0. The molecule has 106 valence electrons. The summed E-state index contributed by atoms with van der Waals surface area (Å²) in [6.07, 6.45) is -1.09. The summed E-state index contributed by atoms with van der Waals surface area (Å²) >= 11 is -5.54. The van der Waals surface area contributed by atoms with Gasteiger partial charge in [0.05, 0.1) is 26.4 Å². The van der Waals surface area contributed by atoms with Gasteiger partial charge in [-0.1, -0.05) is 0 Å². The molecule has 0 saturated carbocycles. The lowest BCUT2D eigenvalue weighted by atomic mass is 10.4. The zero-order valence-corrected chi connectivity index (χ0v) is 11.3. The monoisotopic (exact) mass is 322 g/mol. The molecule has 2 saturated heterocycles. The van der Waals surface area contributed by atoms with Crippen LogP contribution in [-0.2, 0) is 59.2 Å². The van der Waals surface area contributed by atoms with E-state index in [1.54, 1.807) is 0 Å². The Balaban J connectivity index is 1.57. The Morgan fingerprint density at radius 1 is 1.00 bits per heavy atom. The van der Waals surface area contributed by atoms with E-state index in [0.717, 1.165) is 0 Å². The average molecular weight is 322 g/mol. The van der Waals surface area contributed by atoms with Gasteiger partial charge in [-0.15, -0.1) is 0 Å². The first-order chi connectivity index (χ1) is 8.63. The third-order valence-electron chi connectivity index (χ3n) is 1.83. The van der Waals surface area contributed by atoms with Crippen molar-refractivity contribution in [2.45, 2.75) is 12.2 Å². The van der Waals surface area contributed by atoms with Crippen molar-refractivity contribution in [1.82, 2.24) is 0 Å². The predicted molar refractivity (Wildman–Crippen MR) is 58.0 cm³/mol. The zero-order chi connectivity index (χ0) is 13.0. The topological polar surface area (TPSA) is 107 Å². The zero-order valence-electron chi connectivity index (χ0n) is 8.88. The molecule has 0 aliphatic carbocycles. The van der Waals surface area contributed by atoms with E-state index in [9.17, 15) is 12.6 Å². The highest BCUT2D eigenvalue weighted by Crippen LogP contribution is 2.11. The molecule has 12 heteroatoms. The molecule has 2 aliphatic heterocycles. The Hall–Kier alpha value is 0.210. The van der Waals surface area contributed by atoms with Gasteiger partial charge in [-0.25, -0.2) is 0 Å². The van der Waals surface area contributed by atoms with E-state index in [1.807, 2.05) is 0 Å². The van der Waals surface area contributed by atoms with Gasteiger partial charge < -0.3 is 0 Å². The molecule has 0 radical (unpaired) electrons. The minimum absolute atomic E-state index is 0.0771. The molecule has 0 aromatic heterocycles. The van der Waals surface area contributed by atoms with Crippen molar-refractivity contribution in [2.24, 2.45) is 0 Å². The second kappa shape index (κ2) is 7.12. The third-order valence-corrected chi connectivity index (χ3v) is 4.00. The Morgan fingerprint density at radius 3 is 1.78 bits per heavy atom. The van der Waals surface area contributed by atoms with Crippen LogP contribution in [0.3, 0.4) is 0 Å². The van der Waals surface area contributed by atoms with Gasteiger partial charge in [0, 0.05) is 0 Å². The van der Waals surface area contributed by atoms with Gasteiger partial charge >= 0.3 is 34.1 Å². The normalized spacial score (nSPS) is 38.0. The summed E-state index contributed by atoms with van der Waals surface area (Å²) in [5.74, 6) is 0. The standard InChI is InChI=1S/C6H10O9S3/c7-16(10-1-5-3-12-17(8)14-5)11-2-6-4-13-18(9)15-6/h5-6H,1-4H2/t5-,6-,16?,17-,18+/m1/s1. The second-order valence-electron chi connectivity index (χ2n) is 3.19. The van der Waals surface area contributed by atoms with Crippen LogP contribution in [0.15, 0.2) is 0 Å². The summed E-state index contributed by atoms with van der Waals surface area (Å²) in [5.41, 5.74) is 0. The first-order valence-electron chi connectivity index (χ1n) is 4.76. The lowest BCUT2D eigenvalue weighted by molar-refractivity contribution is 0.122. The van der Waals surface area contributed by atoms with Crippen molar-refractivity contribution < 1.29 is 37.7 Å². The van der Waals surface area contributed by atoms with Crippen molar-refractivity contribution in [3.05, 3.63) is 0 Å².